The minimum Gasteiger partial charge on any atom is -0.456 e. The quantitative estimate of drug-likeness (QED) is 0.156. The topological polar surface area (TPSA) is 16.4 Å². The van der Waals surface area contributed by atoms with Crippen LogP contribution in [0.3, 0.4) is 0 Å². The lowest BCUT2D eigenvalue weighted by molar-refractivity contribution is 0.632. The van der Waals surface area contributed by atoms with E-state index >= 15 is 0 Å². The fourth-order valence-corrected chi connectivity index (χ4v) is 7.90. The average Bonchev–Trinajstić information content (AvgIpc) is 3.72. The Balaban J connectivity index is 1.11. The molecule has 0 amide bonds. The zero-order valence-electron chi connectivity index (χ0n) is 30.7. The largest absolute Gasteiger partial charge is 0.456 e. The maximum absolute atomic E-state index is 6.35. The molecule has 1 heterocycles. The molecule has 0 unspecified atom stereocenters. The third kappa shape index (κ3) is 6.34. The van der Waals surface area contributed by atoms with Gasteiger partial charge in [-0.3, -0.25) is 0 Å². The summed E-state index contributed by atoms with van der Waals surface area (Å²) >= 11 is 0. The van der Waals surface area contributed by atoms with Gasteiger partial charge in [0.15, 0.2) is 0 Å². The highest BCUT2D eigenvalue weighted by atomic mass is 16.3. The van der Waals surface area contributed by atoms with E-state index in [1.807, 2.05) is 18.2 Å². The first kappa shape index (κ1) is 33.2. The highest BCUT2D eigenvalue weighted by Crippen LogP contribution is 2.42. The van der Waals surface area contributed by atoms with Gasteiger partial charge in [0, 0.05) is 28.0 Å². The first-order valence-corrected chi connectivity index (χ1v) is 19.1. The molecule has 0 radical (unpaired) electrons. The zero-order valence-corrected chi connectivity index (χ0v) is 30.7. The van der Waals surface area contributed by atoms with E-state index in [1.54, 1.807) is 0 Å². The number of hydrogen-bond donors (Lipinski definition) is 0. The molecule has 0 fully saturated rings. The van der Waals surface area contributed by atoms with E-state index in [0.29, 0.717) is 0 Å². The fourth-order valence-electron chi connectivity index (χ4n) is 7.90. The lowest BCUT2D eigenvalue weighted by atomic mass is 9.96. The Morgan fingerprint density at radius 3 is 1.43 bits per heavy atom. The van der Waals surface area contributed by atoms with Crippen LogP contribution < -0.4 is 4.90 Å². The lowest BCUT2D eigenvalue weighted by Crippen LogP contribution is -2.10. The highest BCUT2D eigenvalue weighted by Gasteiger charge is 2.18. The molecule has 0 atom stereocenters. The molecule has 0 bridgehead atoms. The Morgan fingerprint density at radius 1 is 0.286 bits per heavy atom. The van der Waals surface area contributed by atoms with E-state index in [2.05, 4.69) is 211 Å². The van der Waals surface area contributed by atoms with E-state index in [9.17, 15) is 0 Å². The zero-order chi connectivity index (χ0) is 37.3. The third-order valence-electron chi connectivity index (χ3n) is 10.7. The van der Waals surface area contributed by atoms with Crippen molar-refractivity contribution >= 4 is 38.8 Å². The molecular weight excluding hydrogens is 679 g/mol. The summed E-state index contributed by atoms with van der Waals surface area (Å²) in [7, 11) is 0. The van der Waals surface area contributed by atoms with E-state index in [4.69, 9.17) is 4.42 Å². The number of para-hydroxylation sites is 1. The molecule has 2 nitrogen and oxygen atoms in total. The van der Waals surface area contributed by atoms with Crippen LogP contribution in [0.4, 0.5) is 17.1 Å². The van der Waals surface area contributed by atoms with Gasteiger partial charge in [0.05, 0.1) is 0 Å². The number of benzene rings is 9. The van der Waals surface area contributed by atoms with Crippen LogP contribution in [0.2, 0.25) is 0 Å². The smallest absolute Gasteiger partial charge is 0.136 e. The van der Waals surface area contributed by atoms with Crippen molar-refractivity contribution in [2.45, 2.75) is 0 Å². The minimum atomic E-state index is 0.866. The second-order valence-electron chi connectivity index (χ2n) is 14.2. The van der Waals surface area contributed by atoms with E-state index in [1.165, 1.54) is 33.0 Å². The Kier molecular flexibility index (Phi) is 8.55. The molecule has 0 N–H and O–H groups in total. The molecule has 0 saturated carbocycles. The molecule has 0 aliphatic carbocycles. The highest BCUT2D eigenvalue weighted by molar-refractivity contribution is 5.97. The van der Waals surface area contributed by atoms with Gasteiger partial charge in [-0.2, -0.15) is 0 Å². The standard InChI is InChI=1S/C54H37NO/c1-3-14-38(15-4-1)44-34-45(39-16-5-2-6-17-39)36-48(35-44)55(46-30-26-41(27-31-46)50-24-13-20-40-18-7-9-21-49(40)50)47-32-28-42(29-33-47)51-22-10-11-23-52(51)54-37-43-19-8-12-25-53(43)56-54/h1-37H. The number of fused-ring (bicyclic) bond motifs is 2. The summed E-state index contributed by atoms with van der Waals surface area (Å²) in [5, 5.41) is 3.59. The molecular formula is C54H37NO. The average molecular weight is 716 g/mol. The van der Waals surface area contributed by atoms with Gasteiger partial charge in [0.25, 0.3) is 0 Å². The van der Waals surface area contributed by atoms with Crippen molar-refractivity contribution in [1.82, 2.24) is 0 Å². The molecule has 0 aliphatic rings. The van der Waals surface area contributed by atoms with Gasteiger partial charge in [-0.1, -0.05) is 170 Å². The van der Waals surface area contributed by atoms with Gasteiger partial charge < -0.3 is 9.32 Å². The Bertz CT molecular complexity index is 2850. The molecule has 9 aromatic carbocycles. The van der Waals surface area contributed by atoms with E-state index in [0.717, 1.165) is 61.6 Å². The van der Waals surface area contributed by atoms with Crippen molar-refractivity contribution in [2.75, 3.05) is 4.90 Å². The summed E-state index contributed by atoms with van der Waals surface area (Å²) in [6.45, 7) is 0. The van der Waals surface area contributed by atoms with E-state index < -0.39 is 0 Å². The van der Waals surface area contributed by atoms with Crippen LogP contribution in [0, 0.1) is 0 Å². The van der Waals surface area contributed by atoms with Crippen LogP contribution in [0.25, 0.3) is 77.6 Å². The van der Waals surface area contributed by atoms with Gasteiger partial charge >= 0.3 is 0 Å². The molecule has 10 aromatic rings. The van der Waals surface area contributed by atoms with Crippen LogP contribution in [0.1, 0.15) is 0 Å². The monoisotopic (exact) mass is 715 g/mol. The molecule has 1 aromatic heterocycles. The number of hydrogen-bond acceptors (Lipinski definition) is 2. The Hall–Kier alpha value is -7.42. The van der Waals surface area contributed by atoms with Crippen molar-refractivity contribution in [3.05, 3.63) is 224 Å². The van der Waals surface area contributed by atoms with Crippen LogP contribution in [0.15, 0.2) is 229 Å². The second-order valence-corrected chi connectivity index (χ2v) is 14.2. The number of rotatable bonds is 8. The first-order chi connectivity index (χ1) is 27.7. The SMILES string of the molecule is c1ccc(-c2cc(-c3ccccc3)cc(N(c3ccc(-c4ccccc4-c4cc5ccccc5o4)cc3)c3ccc(-c4cccc5ccccc45)cc3)c2)cc1. The lowest BCUT2D eigenvalue weighted by Gasteiger charge is -2.27. The number of furan rings is 1. The molecule has 56 heavy (non-hydrogen) atoms. The first-order valence-electron chi connectivity index (χ1n) is 19.1. The number of nitrogens with zero attached hydrogens (tertiary/aromatic N) is 1. The Morgan fingerprint density at radius 2 is 0.786 bits per heavy atom. The van der Waals surface area contributed by atoms with Crippen LogP contribution in [0.5, 0.6) is 0 Å². The van der Waals surface area contributed by atoms with Gasteiger partial charge in [0.1, 0.15) is 11.3 Å². The van der Waals surface area contributed by atoms with Crippen molar-refractivity contribution < 1.29 is 4.42 Å². The minimum absolute atomic E-state index is 0.866. The third-order valence-corrected chi connectivity index (χ3v) is 10.7. The van der Waals surface area contributed by atoms with Crippen molar-refractivity contribution in [3.63, 3.8) is 0 Å². The maximum atomic E-state index is 6.35. The summed E-state index contributed by atoms with van der Waals surface area (Å²) in [5.41, 5.74) is 14.5. The Labute approximate surface area is 327 Å². The van der Waals surface area contributed by atoms with Crippen LogP contribution in [-0.2, 0) is 0 Å². The van der Waals surface area contributed by atoms with Crippen molar-refractivity contribution in [1.29, 1.82) is 0 Å². The van der Waals surface area contributed by atoms with Crippen LogP contribution in [-0.4, -0.2) is 0 Å². The van der Waals surface area contributed by atoms with Gasteiger partial charge in [0.2, 0.25) is 0 Å². The summed E-state index contributed by atoms with van der Waals surface area (Å²) < 4.78 is 6.35. The van der Waals surface area contributed by atoms with Crippen molar-refractivity contribution in [2.24, 2.45) is 0 Å². The van der Waals surface area contributed by atoms with E-state index in [-0.39, 0.29) is 0 Å². The maximum Gasteiger partial charge on any atom is 0.136 e. The summed E-state index contributed by atoms with van der Waals surface area (Å²) in [6.07, 6.45) is 0. The fraction of sp³-hybridized carbons (Fsp3) is 0. The molecule has 0 spiro atoms. The number of anilines is 3. The molecule has 0 saturated heterocycles. The van der Waals surface area contributed by atoms with Gasteiger partial charge in [-0.25, -0.2) is 0 Å². The molecule has 10 rings (SSSR count). The predicted molar refractivity (Wildman–Crippen MR) is 236 cm³/mol. The molecule has 264 valence electrons. The summed E-state index contributed by atoms with van der Waals surface area (Å²) in [4.78, 5) is 2.38. The van der Waals surface area contributed by atoms with Crippen molar-refractivity contribution in [3.8, 4) is 55.8 Å². The normalized spacial score (nSPS) is 11.2. The van der Waals surface area contributed by atoms with Crippen LogP contribution >= 0.6 is 0 Å². The molecule has 2 heteroatoms. The van der Waals surface area contributed by atoms with Gasteiger partial charge in [-0.15, -0.1) is 0 Å². The summed E-state index contributed by atoms with van der Waals surface area (Å²) in [5.74, 6) is 0.866. The summed E-state index contributed by atoms with van der Waals surface area (Å²) in [6, 6.07) is 80.1. The molecule has 0 aliphatic heterocycles. The van der Waals surface area contributed by atoms with Gasteiger partial charge in [-0.05, 0) is 110 Å². The predicted octanol–water partition coefficient (Wildman–Crippen LogP) is 15.4. The second kappa shape index (κ2) is 14.4.